The normalized spacial score (nSPS) is 16.0. The lowest BCUT2D eigenvalue weighted by molar-refractivity contribution is -0.115. The highest BCUT2D eigenvalue weighted by molar-refractivity contribution is 6.19. The van der Waals surface area contributed by atoms with E-state index < -0.39 is 0 Å². The van der Waals surface area contributed by atoms with Gasteiger partial charge in [-0.1, -0.05) is 24.3 Å². The summed E-state index contributed by atoms with van der Waals surface area (Å²) in [5.74, 6) is -0.128. The monoisotopic (exact) mass is 280 g/mol. The molecule has 1 heterocycles. The van der Waals surface area contributed by atoms with Gasteiger partial charge in [0, 0.05) is 5.56 Å². The average molecular weight is 280 g/mol. The molecule has 0 aliphatic carbocycles. The molecule has 0 aromatic heterocycles. The molecule has 0 saturated heterocycles. The first kappa shape index (κ1) is 13.2. The van der Waals surface area contributed by atoms with Gasteiger partial charge in [0.25, 0.3) is 5.91 Å². The Balaban J connectivity index is 1.96. The minimum atomic E-state index is -0.320. The molecule has 1 N–H and O–H groups in total. The summed E-state index contributed by atoms with van der Waals surface area (Å²) in [7, 11) is 0. The fourth-order valence-corrected chi connectivity index (χ4v) is 2.11. The summed E-state index contributed by atoms with van der Waals surface area (Å²) in [6.45, 7) is 1.98. The van der Waals surface area contributed by atoms with E-state index in [-0.39, 0.29) is 11.7 Å². The number of nitrogens with zero attached hydrogens (tertiary/aromatic N) is 1. The summed E-state index contributed by atoms with van der Waals surface area (Å²) < 4.78 is 12.9. The Hall–Kier alpha value is -2.75. The van der Waals surface area contributed by atoms with Crippen LogP contribution in [0.15, 0.2) is 59.2 Å². The van der Waals surface area contributed by atoms with Crippen LogP contribution in [0.3, 0.4) is 0 Å². The van der Waals surface area contributed by atoms with Crippen LogP contribution in [0.1, 0.15) is 16.7 Å². The fourth-order valence-electron chi connectivity index (χ4n) is 2.11. The van der Waals surface area contributed by atoms with Crippen LogP contribution in [0, 0.1) is 12.7 Å². The van der Waals surface area contributed by atoms with Gasteiger partial charge in [0.2, 0.25) is 0 Å². The molecule has 0 bridgehead atoms. The van der Waals surface area contributed by atoms with Gasteiger partial charge in [-0.05, 0) is 48.4 Å². The van der Waals surface area contributed by atoms with Crippen LogP contribution in [0.5, 0.6) is 0 Å². The van der Waals surface area contributed by atoms with Crippen molar-refractivity contribution < 1.29 is 9.18 Å². The lowest BCUT2D eigenvalue weighted by atomic mass is 10.1. The second kappa shape index (κ2) is 5.32. The maximum absolute atomic E-state index is 12.9. The number of carbonyl (C=O) groups is 1. The standard InChI is InChI=1S/C17H13FN2O/c1-11-4-2-3-5-13(11)10-15-17(21)20-16(19-15)12-6-8-14(18)9-7-12/h2-10H,1H3,(H,19,20,21)/b15-10-. The SMILES string of the molecule is Cc1ccccc1/C=C1\N=C(c2ccc(F)cc2)NC1=O. The number of benzene rings is 2. The summed E-state index contributed by atoms with van der Waals surface area (Å²) in [5, 5.41) is 2.70. The molecule has 0 fully saturated rings. The van der Waals surface area contributed by atoms with Crippen molar-refractivity contribution in [2.24, 2.45) is 4.99 Å². The van der Waals surface area contributed by atoms with Crippen LogP contribution in [-0.2, 0) is 4.79 Å². The number of rotatable bonds is 2. The largest absolute Gasteiger partial charge is 0.305 e. The van der Waals surface area contributed by atoms with E-state index in [1.54, 1.807) is 18.2 Å². The Morgan fingerprint density at radius 3 is 2.52 bits per heavy atom. The number of aliphatic imine (C=N–C) groups is 1. The highest BCUT2D eigenvalue weighted by Gasteiger charge is 2.21. The zero-order valence-electron chi connectivity index (χ0n) is 11.4. The smallest absolute Gasteiger partial charge is 0.275 e. The Kier molecular flexibility index (Phi) is 3.36. The molecule has 4 heteroatoms. The molecule has 2 aromatic carbocycles. The average Bonchev–Trinajstić information content (AvgIpc) is 2.83. The number of hydrogen-bond donors (Lipinski definition) is 1. The van der Waals surface area contributed by atoms with E-state index in [0.717, 1.165) is 11.1 Å². The highest BCUT2D eigenvalue weighted by Crippen LogP contribution is 2.17. The lowest BCUT2D eigenvalue weighted by Crippen LogP contribution is -2.24. The van der Waals surface area contributed by atoms with Crippen LogP contribution in [0.25, 0.3) is 6.08 Å². The molecule has 0 unspecified atom stereocenters. The Bertz CT molecular complexity index is 761. The molecule has 1 aliphatic heterocycles. The predicted octanol–water partition coefficient (Wildman–Crippen LogP) is 3.05. The maximum Gasteiger partial charge on any atom is 0.275 e. The molecule has 21 heavy (non-hydrogen) atoms. The van der Waals surface area contributed by atoms with Crippen molar-refractivity contribution in [3.8, 4) is 0 Å². The van der Waals surface area contributed by atoms with Crippen molar-refractivity contribution in [1.29, 1.82) is 0 Å². The van der Waals surface area contributed by atoms with Crippen molar-refractivity contribution in [3.63, 3.8) is 0 Å². The van der Waals surface area contributed by atoms with Gasteiger partial charge in [-0.3, -0.25) is 4.79 Å². The van der Waals surface area contributed by atoms with Crippen LogP contribution in [-0.4, -0.2) is 11.7 Å². The van der Waals surface area contributed by atoms with Gasteiger partial charge < -0.3 is 5.32 Å². The first-order valence-corrected chi connectivity index (χ1v) is 6.57. The Labute approximate surface area is 121 Å². The van der Waals surface area contributed by atoms with Gasteiger partial charge in [-0.2, -0.15) is 0 Å². The summed E-state index contributed by atoms with van der Waals surface area (Å²) in [6.07, 6.45) is 1.75. The summed E-state index contributed by atoms with van der Waals surface area (Å²) in [5.41, 5.74) is 3.05. The molecule has 3 nitrogen and oxygen atoms in total. The van der Waals surface area contributed by atoms with Crippen molar-refractivity contribution in [2.75, 3.05) is 0 Å². The quantitative estimate of drug-likeness (QED) is 0.844. The maximum atomic E-state index is 12.9. The fraction of sp³-hybridized carbons (Fsp3) is 0.0588. The molecule has 104 valence electrons. The van der Waals surface area contributed by atoms with Crippen molar-refractivity contribution in [1.82, 2.24) is 5.32 Å². The van der Waals surface area contributed by atoms with Crippen molar-refractivity contribution in [2.45, 2.75) is 6.92 Å². The van der Waals surface area contributed by atoms with E-state index >= 15 is 0 Å². The molecular formula is C17H13FN2O. The molecule has 0 saturated carbocycles. The van der Waals surface area contributed by atoms with Crippen molar-refractivity contribution >= 4 is 17.8 Å². The lowest BCUT2D eigenvalue weighted by Gasteiger charge is -1.99. The second-order valence-electron chi connectivity index (χ2n) is 4.81. The molecule has 1 amide bonds. The summed E-state index contributed by atoms with van der Waals surface area (Å²) in [4.78, 5) is 16.3. The zero-order chi connectivity index (χ0) is 14.8. The van der Waals surface area contributed by atoms with Gasteiger partial charge in [0.05, 0.1) is 0 Å². The van der Waals surface area contributed by atoms with Gasteiger partial charge >= 0.3 is 0 Å². The van der Waals surface area contributed by atoms with Gasteiger partial charge in [-0.25, -0.2) is 9.38 Å². The van der Waals surface area contributed by atoms with Crippen LogP contribution < -0.4 is 5.32 Å². The number of hydrogen-bond acceptors (Lipinski definition) is 2. The van der Waals surface area contributed by atoms with E-state index in [1.807, 2.05) is 31.2 Å². The minimum Gasteiger partial charge on any atom is -0.305 e. The van der Waals surface area contributed by atoms with Gasteiger partial charge in [-0.15, -0.1) is 0 Å². The van der Waals surface area contributed by atoms with Crippen molar-refractivity contribution in [3.05, 3.63) is 76.7 Å². The van der Waals surface area contributed by atoms with Crippen LogP contribution >= 0.6 is 0 Å². The summed E-state index contributed by atoms with van der Waals surface area (Å²) >= 11 is 0. The number of nitrogens with one attached hydrogen (secondary N) is 1. The topological polar surface area (TPSA) is 41.5 Å². The van der Waals surface area contributed by atoms with Crippen LogP contribution in [0.4, 0.5) is 4.39 Å². The molecule has 1 aliphatic rings. The predicted molar refractivity (Wildman–Crippen MR) is 80.2 cm³/mol. The first-order valence-electron chi connectivity index (χ1n) is 6.57. The highest BCUT2D eigenvalue weighted by atomic mass is 19.1. The first-order chi connectivity index (χ1) is 10.1. The number of amidine groups is 1. The number of amides is 1. The van der Waals surface area contributed by atoms with E-state index in [0.29, 0.717) is 17.1 Å². The molecule has 0 radical (unpaired) electrons. The third-order valence-electron chi connectivity index (χ3n) is 3.30. The summed E-state index contributed by atoms with van der Waals surface area (Å²) in [6, 6.07) is 13.6. The Morgan fingerprint density at radius 2 is 1.81 bits per heavy atom. The van der Waals surface area contributed by atoms with E-state index in [4.69, 9.17) is 0 Å². The third kappa shape index (κ3) is 2.74. The minimum absolute atomic E-state index is 0.252. The molecule has 0 atom stereocenters. The Morgan fingerprint density at radius 1 is 1.10 bits per heavy atom. The van der Waals surface area contributed by atoms with Gasteiger partial charge in [0.15, 0.2) is 0 Å². The number of halogens is 1. The van der Waals surface area contributed by atoms with E-state index in [1.165, 1.54) is 12.1 Å². The second-order valence-corrected chi connectivity index (χ2v) is 4.81. The molecular weight excluding hydrogens is 267 g/mol. The number of aryl methyl sites for hydroxylation is 1. The third-order valence-corrected chi connectivity index (χ3v) is 3.30. The molecule has 0 spiro atoms. The molecule has 2 aromatic rings. The van der Waals surface area contributed by atoms with Gasteiger partial charge in [0.1, 0.15) is 17.3 Å². The number of carbonyl (C=O) groups excluding carboxylic acids is 1. The van der Waals surface area contributed by atoms with E-state index in [2.05, 4.69) is 10.3 Å². The molecule has 3 rings (SSSR count). The zero-order valence-corrected chi connectivity index (χ0v) is 11.4. The van der Waals surface area contributed by atoms with Crippen LogP contribution in [0.2, 0.25) is 0 Å². The van der Waals surface area contributed by atoms with E-state index in [9.17, 15) is 9.18 Å².